The van der Waals surface area contributed by atoms with E-state index in [9.17, 15) is 4.79 Å². The maximum atomic E-state index is 12.0. The average Bonchev–Trinajstić information content (AvgIpc) is 2.56. The van der Waals surface area contributed by atoms with Gasteiger partial charge < -0.3 is 14.4 Å². The van der Waals surface area contributed by atoms with Crippen LogP contribution < -0.4 is 9.47 Å². The molecule has 4 nitrogen and oxygen atoms in total. The van der Waals surface area contributed by atoms with E-state index in [1.165, 1.54) is 0 Å². The molecule has 0 saturated heterocycles. The fraction of sp³-hybridized carbons (Fsp3) is 0.278. The summed E-state index contributed by atoms with van der Waals surface area (Å²) in [5, 5.41) is 0.679. The number of benzene rings is 2. The Balaban J connectivity index is 1.73. The summed E-state index contributed by atoms with van der Waals surface area (Å²) in [7, 11) is 1.73. The third kappa shape index (κ3) is 5.49. The van der Waals surface area contributed by atoms with Gasteiger partial charge in [0.15, 0.2) is 6.61 Å². The van der Waals surface area contributed by atoms with E-state index >= 15 is 0 Å². The lowest BCUT2D eigenvalue weighted by molar-refractivity contribution is -0.132. The van der Waals surface area contributed by atoms with E-state index in [0.29, 0.717) is 23.9 Å². The summed E-state index contributed by atoms with van der Waals surface area (Å²) < 4.78 is 11.1. The van der Waals surface area contributed by atoms with Gasteiger partial charge in [-0.1, -0.05) is 29.8 Å². The maximum absolute atomic E-state index is 12.0. The Kier molecular flexibility index (Phi) is 6.29. The summed E-state index contributed by atoms with van der Waals surface area (Å²) in [6.07, 6.45) is 0. The van der Waals surface area contributed by atoms with Crippen molar-refractivity contribution in [2.24, 2.45) is 0 Å². The molecule has 0 radical (unpaired) electrons. The molecule has 1 amide bonds. The average molecular weight is 334 g/mol. The summed E-state index contributed by atoms with van der Waals surface area (Å²) in [6, 6.07) is 14.8. The number of ether oxygens (including phenoxy) is 2. The first kappa shape index (κ1) is 17.2. The second-order valence-electron chi connectivity index (χ2n) is 5.18. The van der Waals surface area contributed by atoms with Crippen LogP contribution in [-0.2, 0) is 4.79 Å². The van der Waals surface area contributed by atoms with Crippen molar-refractivity contribution in [2.75, 3.05) is 26.8 Å². The number of carbonyl (C=O) groups is 1. The summed E-state index contributed by atoms with van der Waals surface area (Å²) in [5.41, 5.74) is 0.918. The monoisotopic (exact) mass is 333 g/mol. The summed E-state index contributed by atoms with van der Waals surface area (Å²) in [6.45, 7) is 2.82. The van der Waals surface area contributed by atoms with Crippen LogP contribution in [0.4, 0.5) is 0 Å². The Morgan fingerprint density at radius 3 is 2.52 bits per heavy atom. The minimum Gasteiger partial charge on any atom is -0.492 e. The van der Waals surface area contributed by atoms with Crippen molar-refractivity contribution >= 4 is 17.5 Å². The Hall–Kier alpha value is -2.20. The van der Waals surface area contributed by atoms with Gasteiger partial charge in [-0.15, -0.1) is 0 Å². The highest BCUT2D eigenvalue weighted by atomic mass is 35.5. The van der Waals surface area contributed by atoms with E-state index in [-0.39, 0.29) is 12.5 Å². The van der Waals surface area contributed by atoms with Crippen molar-refractivity contribution < 1.29 is 14.3 Å². The lowest BCUT2D eigenvalue weighted by Gasteiger charge is -2.18. The molecule has 0 unspecified atom stereocenters. The molecule has 2 aromatic carbocycles. The second kappa shape index (κ2) is 8.44. The maximum Gasteiger partial charge on any atom is 0.260 e. The first-order valence-corrected chi connectivity index (χ1v) is 7.75. The van der Waals surface area contributed by atoms with Crippen molar-refractivity contribution in [1.29, 1.82) is 0 Å². The molecule has 0 fully saturated rings. The topological polar surface area (TPSA) is 38.8 Å². The normalized spacial score (nSPS) is 10.2. The van der Waals surface area contributed by atoms with Crippen LogP contribution >= 0.6 is 11.6 Å². The van der Waals surface area contributed by atoms with Gasteiger partial charge in [0.25, 0.3) is 5.91 Å². The molecule has 0 atom stereocenters. The van der Waals surface area contributed by atoms with Crippen LogP contribution in [0.5, 0.6) is 11.5 Å². The Morgan fingerprint density at radius 1 is 1.09 bits per heavy atom. The van der Waals surface area contributed by atoms with Crippen molar-refractivity contribution in [3.8, 4) is 11.5 Å². The minimum atomic E-state index is -0.103. The number of hydrogen-bond donors (Lipinski definition) is 0. The molecule has 0 bridgehead atoms. The van der Waals surface area contributed by atoms with Crippen LogP contribution in [-0.4, -0.2) is 37.6 Å². The van der Waals surface area contributed by atoms with Gasteiger partial charge in [-0.2, -0.15) is 0 Å². The SMILES string of the molecule is Cc1cc(OCC(=O)N(C)CCOc2ccccc2)ccc1Cl. The number of aryl methyl sites for hydroxylation is 1. The lowest BCUT2D eigenvalue weighted by atomic mass is 10.2. The van der Waals surface area contributed by atoms with E-state index in [2.05, 4.69) is 0 Å². The molecule has 2 rings (SSSR count). The lowest BCUT2D eigenvalue weighted by Crippen LogP contribution is -2.34. The van der Waals surface area contributed by atoms with Crippen molar-refractivity contribution in [3.05, 3.63) is 59.1 Å². The van der Waals surface area contributed by atoms with E-state index < -0.39 is 0 Å². The molecular formula is C18H20ClNO3. The molecule has 5 heteroatoms. The van der Waals surface area contributed by atoms with Crippen LogP contribution in [0.2, 0.25) is 5.02 Å². The van der Waals surface area contributed by atoms with Crippen molar-refractivity contribution in [2.45, 2.75) is 6.92 Å². The van der Waals surface area contributed by atoms with Crippen LogP contribution in [0.15, 0.2) is 48.5 Å². The molecule has 0 heterocycles. The Bertz CT molecular complexity index is 646. The molecule has 0 saturated carbocycles. The fourth-order valence-corrected chi connectivity index (χ4v) is 2.02. The summed E-state index contributed by atoms with van der Waals surface area (Å²) in [5.74, 6) is 1.32. The number of nitrogens with zero attached hydrogens (tertiary/aromatic N) is 1. The highest BCUT2D eigenvalue weighted by Gasteiger charge is 2.10. The van der Waals surface area contributed by atoms with Gasteiger partial charge in [0.05, 0.1) is 6.54 Å². The zero-order valence-electron chi connectivity index (χ0n) is 13.3. The van der Waals surface area contributed by atoms with E-state index in [1.54, 1.807) is 24.1 Å². The summed E-state index contributed by atoms with van der Waals surface area (Å²) >= 11 is 5.96. The van der Waals surface area contributed by atoms with E-state index in [1.807, 2.05) is 43.3 Å². The Labute approximate surface area is 141 Å². The second-order valence-corrected chi connectivity index (χ2v) is 5.58. The number of amides is 1. The predicted octanol–water partition coefficient (Wildman–Crippen LogP) is 3.56. The number of carbonyl (C=O) groups excluding carboxylic acids is 1. The van der Waals surface area contributed by atoms with Gasteiger partial charge in [0.1, 0.15) is 18.1 Å². The quantitative estimate of drug-likeness (QED) is 0.777. The third-order valence-electron chi connectivity index (χ3n) is 3.36. The van der Waals surface area contributed by atoms with Crippen molar-refractivity contribution in [1.82, 2.24) is 4.90 Å². The fourth-order valence-electron chi connectivity index (χ4n) is 1.90. The zero-order chi connectivity index (χ0) is 16.7. The molecule has 0 aliphatic rings. The molecule has 0 aliphatic heterocycles. The highest BCUT2D eigenvalue weighted by Crippen LogP contribution is 2.20. The first-order chi connectivity index (χ1) is 11.1. The molecular weight excluding hydrogens is 314 g/mol. The largest absolute Gasteiger partial charge is 0.492 e. The number of rotatable bonds is 7. The summed E-state index contributed by atoms with van der Waals surface area (Å²) in [4.78, 5) is 13.6. The van der Waals surface area contributed by atoms with Gasteiger partial charge in [-0.3, -0.25) is 4.79 Å². The van der Waals surface area contributed by atoms with Crippen LogP contribution in [0.3, 0.4) is 0 Å². The van der Waals surface area contributed by atoms with Crippen LogP contribution in [0.1, 0.15) is 5.56 Å². The minimum absolute atomic E-state index is 0.0110. The molecule has 0 aliphatic carbocycles. The molecule has 23 heavy (non-hydrogen) atoms. The molecule has 122 valence electrons. The van der Waals surface area contributed by atoms with Crippen LogP contribution in [0, 0.1) is 6.92 Å². The van der Waals surface area contributed by atoms with Gasteiger partial charge in [-0.25, -0.2) is 0 Å². The first-order valence-electron chi connectivity index (χ1n) is 7.37. The Morgan fingerprint density at radius 2 is 1.83 bits per heavy atom. The smallest absolute Gasteiger partial charge is 0.260 e. The zero-order valence-corrected chi connectivity index (χ0v) is 14.0. The molecule has 0 aromatic heterocycles. The van der Waals surface area contributed by atoms with Crippen molar-refractivity contribution in [3.63, 3.8) is 0 Å². The van der Waals surface area contributed by atoms with Crippen LogP contribution in [0.25, 0.3) is 0 Å². The van der Waals surface area contributed by atoms with E-state index in [4.69, 9.17) is 21.1 Å². The third-order valence-corrected chi connectivity index (χ3v) is 3.78. The number of likely N-dealkylation sites (N-methyl/N-ethyl adjacent to an activating group) is 1. The standard InChI is InChI=1S/C18H20ClNO3/c1-14-12-16(8-9-17(14)19)23-13-18(21)20(2)10-11-22-15-6-4-3-5-7-15/h3-9,12H,10-11,13H2,1-2H3. The van der Waals surface area contributed by atoms with E-state index in [0.717, 1.165) is 11.3 Å². The molecule has 2 aromatic rings. The van der Waals surface area contributed by atoms with Gasteiger partial charge in [0, 0.05) is 12.1 Å². The number of hydrogen-bond acceptors (Lipinski definition) is 3. The molecule has 0 spiro atoms. The van der Waals surface area contributed by atoms with Gasteiger partial charge >= 0.3 is 0 Å². The van der Waals surface area contributed by atoms with Gasteiger partial charge in [0.2, 0.25) is 0 Å². The predicted molar refractivity (Wildman–Crippen MR) is 91.3 cm³/mol. The highest BCUT2D eigenvalue weighted by molar-refractivity contribution is 6.31. The number of para-hydroxylation sites is 1. The molecule has 0 N–H and O–H groups in total. The van der Waals surface area contributed by atoms with Gasteiger partial charge in [-0.05, 0) is 42.8 Å². The number of halogens is 1.